The Kier molecular flexibility index (Phi) is 3.71. The van der Waals surface area contributed by atoms with Gasteiger partial charge in [-0.2, -0.15) is 0 Å². The van der Waals surface area contributed by atoms with Gasteiger partial charge in [0, 0.05) is 37.1 Å². The maximum atomic E-state index is 12.2. The number of hydrogen-bond donors (Lipinski definition) is 2. The summed E-state index contributed by atoms with van der Waals surface area (Å²) in [6.07, 6.45) is 5.96. The van der Waals surface area contributed by atoms with Gasteiger partial charge in [-0.25, -0.2) is 4.98 Å². The topological polar surface area (TPSA) is 59.0 Å². The summed E-state index contributed by atoms with van der Waals surface area (Å²) in [4.78, 5) is 16.3. The van der Waals surface area contributed by atoms with Gasteiger partial charge < -0.3 is 15.2 Å². The van der Waals surface area contributed by atoms with Crippen LogP contribution in [-0.2, 0) is 5.54 Å². The van der Waals surface area contributed by atoms with Gasteiger partial charge in [0.2, 0.25) is 0 Å². The number of hydrogen-bond acceptors (Lipinski definition) is 4. The third-order valence-electron chi connectivity index (χ3n) is 2.99. The zero-order valence-electron chi connectivity index (χ0n) is 11.4. The van der Waals surface area contributed by atoms with Crippen molar-refractivity contribution in [3.05, 3.63) is 22.7 Å². The van der Waals surface area contributed by atoms with Crippen molar-refractivity contribution in [1.82, 2.24) is 14.9 Å². The summed E-state index contributed by atoms with van der Waals surface area (Å²) < 4.78 is 1.71. The van der Waals surface area contributed by atoms with Crippen LogP contribution < -0.4 is 16.2 Å². The highest BCUT2D eigenvalue weighted by molar-refractivity contribution is 5.31. The van der Waals surface area contributed by atoms with Crippen molar-refractivity contribution in [2.45, 2.75) is 45.2 Å². The normalized spacial score (nSPS) is 15.7. The van der Waals surface area contributed by atoms with Gasteiger partial charge in [-0.3, -0.25) is 4.79 Å². The van der Waals surface area contributed by atoms with E-state index in [9.17, 15) is 4.79 Å². The Morgan fingerprint density at radius 2 is 2.11 bits per heavy atom. The minimum absolute atomic E-state index is 0.0589. The van der Waals surface area contributed by atoms with Crippen LogP contribution >= 0.6 is 0 Å². The predicted molar refractivity (Wildman–Crippen MR) is 73.0 cm³/mol. The van der Waals surface area contributed by atoms with Gasteiger partial charge in [0.1, 0.15) is 0 Å². The van der Waals surface area contributed by atoms with E-state index >= 15 is 0 Å². The Morgan fingerprint density at radius 3 is 2.72 bits per heavy atom. The largest absolute Gasteiger partial charge is 0.364 e. The average Bonchev–Trinajstić information content (AvgIpc) is 3.08. The molecule has 0 saturated heterocycles. The van der Waals surface area contributed by atoms with Crippen molar-refractivity contribution in [3.8, 4) is 0 Å². The fourth-order valence-electron chi connectivity index (χ4n) is 1.81. The second-order valence-electron chi connectivity index (χ2n) is 5.78. The summed E-state index contributed by atoms with van der Waals surface area (Å²) in [7, 11) is 0. The van der Waals surface area contributed by atoms with E-state index in [1.165, 1.54) is 12.8 Å². The molecule has 100 valence electrons. The Balaban J connectivity index is 1.97. The summed E-state index contributed by atoms with van der Waals surface area (Å²) in [5.74, 6) is 0.435. The zero-order chi connectivity index (χ0) is 13.2. The smallest absolute Gasteiger partial charge is 0.293 e. The van der Waals surface area contributed by atoms with Crippen molar-refractivity contribution >= 4 is 5.82 Å². The van der Waals surface area contributed by atoms with Crippen LogP contribution in [-0.4, -0.2) is 28.7 Å². The van der Waals surface area contributed by atoms with Crippen molar-refractivity contribution in [2.24, 2.45) is 0 Å². The van der Waals surface area contributed by atoms with Crippen LogP contribution in [0.4, 0.5) is 5.82 Å². The maximum absolute atomic E-state index is 12.2. The highest BCUT2D eigenvalue weighted by atomic mass is 16.1. The van der Waals surface area contributed by atoms with E-state index < -0.39 is 0 Å². The van der Waals surface area contributed by atoms with Gasteiger partial charge in [0.25, 0.3) is 5.56 Å². The number of nitrogens with zero attached hydrogens (tertiary/aromatic N) is 2. The van der Waals surface area contributed by atoms with Crippen LogP contribution in [0.15, 0.2) is 17.2 Å². The van der Waals surface area contributed by atoms with Gasteiger partial charge in [0.15, 0.2) is 5.82 Å². The zero-order valence-corrected chi connectivity index (χ0v) is 11.4. The minimum Gasteiger partial charge on any atom is -0.364 e. The molecule has 1 aromatic rings. The first-order valence-corrected chi connectivity index (χ1v) is 6.54. The summed E-state index contributed by atoms with van der Waals surface area (Å²) in [6, 6.07) is 0.696. The van der Waals surface area contributed by atoms with Crippen LogP contribution in [0.3, 0.4) is 0 Å². The molecule has 2 rings (SSSR count). The van der Waals surface area contributed by atoms with E-state index in [2.05, 4.69) is 15.6 Å². The van der Waals surface area contributed by atoms with Crippen molar-refractivity contribution in [1.29, 1.82) is 0 Å². The molecule has 5 heteroatoms. The predicted octanol–water partition coefficient (Wildman–Crippen LogP) is 1.16. The van der Waals surface area contributed by atoms with E-state index in [4.69, 9.17) is 0 Å². The number of anilines is 1. The third-order valence-corrected chi connectivity index (χ3v) is 2.99. The fourth-order valence-corrected chi connectivity index (χ4v) is 1.81. The molecule has 1 aliphatic rings. The van der Waals surface area contributed by atoms with Crippen molar-refractivity contribution in [3.63, 3.8) is 0 Å². The third kappa shape index (κ3) is 3.32. The number of aromatic nitrogens is 2. The summed E-state index contributed by atoms with van der Waals surface area (Å²) in [6.45, 7) is 7.62. The molecule has 1 saturated carbocycles. The minimum atomic E-state index is -0.220. The highest BCUT2D eigenvalue weighted by Gasteiger charge is 2.20. The lowest BCUT2D eigenvalue weighted by Crippen LogP contribution is -2.36. The first kappa shape index (κ1) is 13.1. The molecule has 1 aliphatic carbocycles. The van der Waals surface area contributed by atoms with E-state index in [0.29, 0.717) is 11.9 Å². The lowest BCUT2D eigenvalue weighted by molar-refractivity contribution is 0.383. The molecule has 1 aromatic heterocycles. The van der Waals surface area contributed by atoms with Crippen LogP contribution in [0.1, 0.15) is 33.6 Å². The van der Waals surface area contributed by atoms with E-state index in [0.717, 1.165) is 13.1 Å². The molecule has 1 heterocycles. The molecule has 0 aromatic carbocycles. The Morgan fingerprint density at radius 1 is 1.39 bits per heavy atom. The van der Waals surface area contributed by atoms with Gasteiger partial charge >= 0.3 is 0 Å². The molecular formula is C13H22N4O. The molecule has 1 fully saturated rings. The summed E-state index contributed by atoms with van der Waals surface area (Å²) in [5.41, 5.74) is -0.278. The maximum Gasteiger partial charge on any atom is 0.293 e. The fraction of sp³-hybridized carbons (Fsp3) is 0.692. The monoisotopic (exact) mass is 250 g/mol. The van der Waals surface area contributed by atoms with E-state index in [1.54, 1.807) is 17.0 Å². The molecule has 0 aliphatic heterocycles. The van der Waals surface area contributed by atoms with Crippen LogP contribution in [0, 0.1) is 0 Å². The van der Waals surface area contributed by atoms with Crippen LogP contribution in [0.5, 0.6) is 0 Å². The molecule has 0 radical (unpaired) electrons. The molecule has 5 nitrogen and oxygen atoms in total. The molecule has 18 heavy (non-hydrogen) atoms. The van der Waals surface area contributed by atoms with Crippen LogP contribution in [0.2, 0.25) is 0 Å². The molecular weight excluding hydrogens is 228 g/mol. The Bertz CT molecular complexity index is 457. The lowest BCUT2D eigenvalue weighted by atomic mass is 10.1. The van der Waals surface area contributed by atoms with Gasteiger partial charge in [-0.05, 0) is 33.6 Å². The Hall–Kier alpha value is -1.36. The quantitative estimate of drug-likeness (QED) is 0.770. The standard InChI is InChI=1S/C13H22N4O/c1-13(2,3)17-9-8-16-11(12(17)18)15-7-6-14-10-4-5-10/h8-10,14H,4-7H2,1-3H3,(H,15,16). The van der Waals surface area contributed by atoms with Crippen LogP contribution in [0.25, 0.3) is 0 Å². The summed E-state index contributed by atoms with van der Waals surface area (Å²) in [5, 5.41) is 6.49. The second kappa shape index (κ2) is 5.10. The Labute approximate surface area is 108 Å². The van der Waals surface area contributed by atoms with Crippen molar-refractivity contribution < 1.29 is 0 Å². The molecule has 0 unspecified atom stereocenters. The number of rotatable bonds is 5. The van der Waals surface area contributed by atoms with E-state index in [-0.39, 0.29) is 11.1 Å². The first-order chi connectivity index (χ1) is 8.48. The van der Waals surface area contributed by atoms with E-state index in [1.807, 2.05) is 20.8 Å². The molecule has 0 amide bonds. The number of nitrogens with one attached hydrogen (secondary N) is 2. The molecule has 0 spiro atoms. The highest BCUT2D eigenvalue weighted by Crippen LogP contribution is 2.17. The molecule has 0 bridgehead atoms. The first-order valence-electron chi connectivity index (χ1n) is 6.54. The van der Waals surface area contributed by atoms with Gasteiger partial charge in [0.05, 0.1) is 0 Å². The van der Waals surface area contributed by atoms with Gasteiger partial charge in [-0.1, -0.05) is 0 Å². The molecule has 0 atom stereocenters. The summed E-state index contributed by atoms with van der Waals surface area (Å²) >= 11 is 0. The lowest BCUT2D eigenvalue weighted by Gasteiger charge is -2.22. The molecule has 2 N–H and O–H groups in total. The van der Waals surface area contributed by atoms with Gasteiger partial charge in [-0.15, -0.1) is 0 Å². The second-order valence-corrected chi connectivity index (χ2v) is 5.78. The average molecular weight is 250 g/mol. The van der Waals surface area contributed by atoms with Crippen molar-refractivity contribution in [2.75, 3.05) is 18.4 Å². The SMILES string of the molecule is CC(C)(C)n1ccnc(NCCNC2CC2)c1=O.